The molecule has 3 N–H and O–H groups in total. The minimum Gasteiger partial charge on any atom is -0.463 e. The number of fused-ring (bicyclic) bond motifs is 1. The van der Waals surface area contributed by atoms with Crippen LogP contribution in [0, 0.1) is 12.8 Å². The lowest BCUT2D eigenvalue weighted by atomic mass is 9.78. The summed E-state index contributed by atoms with van der Waals surface area (Å²) in [6, 6.07) is 8.65. The van der Waals surface area contributed by atoms with Crippen LogP contribution in [0.3, 0.4) is 0 Å². The maximum Gasteiger partial charge on any atom is 0.251 e. The first-order valence-corrected chi connectivity index (χ1v) is 12.7. The number of hydrogen-bond acceptors (Lipinski definition) is 7. The lowest BCUT2D eigenvalue weighted by molar-refractivity contribution is -0.144. The van der Waals surface area contributed by atoms with Crippen molar-refractivity contribution in [3.8, 4) is 5.88 Å². The number of amides is 1. The van der Waals surface area contributed by atoms with Gasteiger partial charge in [0, 0.05) is 18.7 Å². The van der Waals surface area contributed by atoms with Crippen molar-refractivity contribution in [1.29, 1.82) is 0 Å². The van der Waals surface area contributed by atoms with E-state index in [4.69, 9.17) is 15.5 Å². The second kappa shape index (κ2) is 9.22. The smallest absolute Gasteiger partial charge is 0.251 e. The van der Waals surface area contributed by atoms with Crippen LogP contribution in [0.15, 0.2) is 29.3 Å². The minimum atomic E-state index is -0.802. The topological polar surface area (TPSA) is 114 Å². The number of rotatable bonds is 4. The first-order valence-electron chi connectivity index (χ1n) is 12.7. The molecule has 1 unspecified atom stereocenters. The molecule has 1 aromatic carbocycles. The second-order valence-electron chi connectivity index (χ2n) is 10.7. The number of hydrogen-bond donors (Lipinski definition) is 2. The standard InChI is InChI=1S/C27H35N5O3/c1-16-29-24(28)22-25(30-16)35-27(2,3)23(31-22)20-12-10-19(11-13-20)18-8-6-17(7-9-18)15-32-14-4-5-21(33)26(32)34/h10-13,17-18,21,33H,4-9,14-15H2,1-3H3,(H2,28,29,30). The van der Waals surface area contributed by atoms with Crippen molar-refractivity contribution >= 4 is 23.1 Å². The molecule has 2 aromatic rings. The molecule has 186 valence electrons. The highest BCUT2D eigenvalue weighted by atomic mass is 16.5. The average Bonchev–Trinajstić information content (AvgIpc) is 2.82. The lowest BCUT2D eigenvalue weighted by Gasteiger charge is -2.36. The van der Waals surface area contributed by atoms with Crippen LogP contribution in [0.25, 0.3) is 0 Å². The van der Waals surface area contributed by atoms with Crippen LogP contribution in [0.2, 0.25) is 0 Å². The number of aliphatic hydroxyl groups is 1. The van der Waals surface area contributed by atoms with E-state index < -0.39 is 11.7 Å². The normalized spacial score (nSPS) is 26.1. The van der Waals surface area contributed by atoms with E-state index in [-0.39, 0.29) is 5.91 Å². The summed E-state index contributed by atoms with van der Waals surface area (Å²) in [4.78, 5) is 27.5. The monoisotopic (exact) mass is 477 g/mol. The van der Waals surface area contributed by atoms with Crippen molar-refractivity contribution in [3.63, 3.8) is 0 Å². The van der Waals surface area contributed by atoms with Crippen LogP contribution < -0.4 is 10.5 Å². The summed E-state index contributed by atoms with van der Waals surface area (Å²) >= 11 is 0. The molecule has 0 spiro atoms. The van der Waals surface area contributed by atoms with E-state index >= 15 is 0 Å². The third-order valence-corrected chi connectivity index (χ3v) is 7.62. The molecule has 1 aromatic heterocycles. The number of carbonyl (C=O) groups is 1. The Morgan fingerprint density at radius 2 is 1.83 bits per heavy atom. The maximum absolute atomic E-state index is 12.2. The highest BCUT2D eigenvalue weighted by molar-refractivity contribution is 6.09. The van der Waals surface area contributed by atoms with Crippen molar-refractivity contribution in [1.82, 2.24) is 14.9 Å². The third-order valence-electron chi connectivity index (χ3n) is 7.62. The first kappa shape index (κ1) is 23.7. The largest absolute Gasteiger partial charge is 0.463 e. The molecular formula is C27H35N5O3. The number of anilines is 1. The van der Waals surface area contributed by atoms with Crippen LogP contribution in [0.4, 0.5) is 11.5 Å². The van der Waals surface area contributed by atoms with E-state index in [1.165, 1.54) is 5.56 Å². The zero-order valence-electron chi connectivity index (χ0n) is 20.8. The fraction of sp³-hybridized carbons (Fsp3) is 0.556. The van der Waals surface area contributed by atoms with Crippen molar-refractivity contribution in [2.75, 3.05) is 18.8 Å². The van der Waals surface area contributed by atoms with Gasteiger partial charge < -0.3 is 20.5 Å². The molecule has 0 radical (unpaired) electrons. The van der Waals surface area contributed by atoms with Gasteiger partial charge in [0.1, 0.15) is 17.5 Å². The molecule has 8 heteroatoms. The molecule has 0 bridgehead atoms. The van der Waals surface area contributed by atoms with Gasteiger partial charge in [-0.15, -0.1) is 0 Å². The van der Waals surface area contributed by atoms with Gasteiger partial charge in [-0.05, 0) is 76.7 Å². The summed E-state index contributed by atoms with van der Waals surface area (Å²) < 4.78 is 6.18. The number of aliphatic imine (C=N–C) groups is 1. The summed E-state index contributed by atoms with van der Waals surface area (Å²) in [7, 11) is 0. The van der Waals surface area contributed by atoms with Crippen molar-refractivity contribution in [2.45, 2.75) is 76.9 Å². The molecule has 1 atom stereocenters. The SMILES string of the molecule is Cc1nc(N)c2c(n1)OC(C)(C)C(c1ccc(C3CCC(CN4CCCC(O)C4=O)CC3)cc1)=N2. The van der Waals surface area contributed by atoms with Gasteiger partial charge in [0.05, 0.1) is 5.71 Å². The highest BCUT2D eigenvalue weighted by Crippen LogP contribution is 2.40. The molecule has 1 saturated heterocycles. The third kappa shape index (κ3) is 4.76. The molecule has 2 fully saturated rings. The van der Waals surface area contributed by atoms with Crippen LogP contribution in [-0.4, -0.2) is 56.4 Å². The Morgan fingerprint density at radius 1 is 1.11 bits per heavy atom. The van der Waals surface area contributed by atoms with Crippen LogP contribution >= 0.6 is 0 Å². The van der Waals surface area contributed by atoms with E-state index in [9.17, 15) is 9.90 Å². The number of aliphatic hydroxyl groups excluding tert-OH is 1. The van der Waals surface area contributed by atoms with E-state index in [2.05, 4.69) is 34.2 Å². The van der Waals surface area contributed by atoms with E-state index in [0.717, 1.165) is 56.5 Å². The number of aromatic nitrogens is 2. The van der Waals surface area contributed by atoms with Crippen molar-refractivity contribution in [2.24, 2.45) is 10.9 Å². The summed E-state index contributed by atoms with van der Waals surface area (Å²) in [6.07, 6.45) is 5.14. The fourth-order valence-corrected chi connectivity index (χ4v) is 5.69. The van der Waals surface area contributed by atoms with Gasteiger partial charge in [-0.25, -0.2) is 9.98 Å². The Morgan fingerprint density at radius 3 is 2.54 bits per heavy atom. The molecular weight excluding hydrogens is 442 g/mol. The van der Waals surface area contributed by atoms with Crippen LogP contribution in [0.5, 0.6) is 5.88 Å². The van der Waals surface area contributed by atoms with Gasteiger partial charge in [0.25, 0.3) is 5.91 Å². The van der Waals surface area contributed by atoms with E-state index in [0.29, 0.717) is 41.5 Å². The highest BCUT2D eigenvalue weighted by Gasteiger charge is 2.36. The Hall–Kier alpha value is -3.00. The fourth-order valence-electron chi connectivity index (χ4n) is 5.69. The number of ether oxygens (including phenoxy) is 1. The van der Waals surface area contributed by atoms with E-state index in [1.807, 2.05) is 18.7 Å². The Balaban J connectivity index is 1.26. The Bertz CT molecular complexity index is 1140. The number of aryl methyl sites for hydroxylation is 1. The molecule has 3 aliphatic rings. The van der Waals surface area contributed by atoms with Crippen LogP contribution in [0.1, 0.15) is 75.2 Å². The van der Waals surface area contributed by atoms with Crippen molar-refractivity contribution < 1.29 is 14.6 Å². The van der Waals surface area contributed by atoms with Gasteiger partial charge >= 0.3 is 0 Å². The van der Waals surface area contributed by atoms with Gasteiger partial charge in [0.15, 0.2) is 11.5 Å². The minimum absolute atomic E-state index is 0.0856. The molecule has 1 aliphatic carbocycles. The van der Waals surface area contributed by atoms with E-state index in [1.54, 1.807) is 6.92 Å². The molecule has 1 saturated carbocycles. The summed E-state index contributed by atoms with van der Waals surface area (Å²) in [5.41, 5.74) is 9.11. The number of benzene rings is 1. The quantitative estimate of drug-likeness (QED) is 0.690. The van der Waals surface area contributed by atoms with Gasteiger partial charge in [-0.2, -0.15) is 4.98 Å². The summed E-state index contributed by atoms with van der Waals surface area (Å²) in [5, 5.41) is 9.87. The number of nitrogens with two attached hydrogens (primary N) is 1. The molecule has 35 heavy (non-hydrogen) atoms. The number of nitrogens with zero attached hydrogens (tertiary/aromatic N) is 4. The van der Waals surface area contributed by atoms with Crippen LogP contribution in [-0.2, 0) is 4.79 Å². The molecule has 1 amide bonds. The molecule has 5 rings (SSSR count). The average molecular weight is 478 g/mol. The number of nitrogen functional groups attached to an aromatic ring is 1. The number of carbonyl (C=O) groups excluding carboxylic acids is 1. The van der Waals surface area contributed by atoms with Crippen molar-refractivity contribution in [3.05, 3.63) is 41.2 Å². The summed E-state index contributed by atoms with van der Waals surface area (Å²) in [5.74, 6) is 2.28. The second-order valence-corrected chi connectivity index (χ2v) is 10.7. The zero-order chi connectivity index (χ0) is 24.7. The number of likely N-dealkylation sites (tertiary alicyclic amines) is 1. The summed E-state index contributed by atoms with van der Waals surface area (Å²) in [6.45, 7) is 7.33. The van der Waals surface area contributed by atoms with Gasteiger partial charge in [-0.3, -0.25) is 4.79 Å². The molecule has 2 aliphatic heterocycles. The molecule has 8 nitrogen and oxygen atoms in total. The van der Waals surface area contributed by atoms with Gasteiger partial charge in [-0.1, -0.05) is 24.3 Å². The Labute approximate surface area is 206 Å². The van der Waals surface area contributed by atoms with Gasteiger partial charge in [0.2, 0.25) is 5.88 Å². The maximum atomic E-state index is 12.2. The number of piperidine rings is 1. The predicted molar refractivity (Wildman–Crippen MR) is 135 cm³/mol. The predicted octanol–water partition coefficient (Wildman–Crippen LogP) is 3.92. The lowest BCUT2D eigenvalue weighted by Crippen LogP contribution is -2.46. The zero-order valence-corrected chi connectivity index (χ0v) is 20.8. The molecule has 3 heterocycles. The first-order chi connectivity index (χ1) is 16.7. The Kier molecular flexibility index (Phi) is 6.25.